The van der Waals surface area contributed by atoms with Gasteiger partial charge in [-0.1, -0.05) is 0 Å². The van der Waals surface area contributed by atoms with E-state index in [1.165, 1.54) is 12.8 Å². The van der Waals surface area contributed by atoms with Crippen LogP contribution in [0.25, 0.3) is 0 Å². The molecule has 5 atom stereocenters. The second-order valence-corrected chi connectivity index (χ2v) is 5.09. The summed E-state index contributed by atoms with van der Waals surface area (Å²) in [4.78, 5) is 0. The Balaban J connectivity index is 1.94. The molecule has 0 saturated heterocycles. The molecule has 0 aromatic rings. The van der Waals surface area contributed by atoms with Crippen LogP contribution in [0.4, 0.5) is 0 Å². The van der Waals surface area contributed by atoms with Crippen molar-refractivity contribution in [3.05, 3.63) is 0 Å². The highest BCUT2D eigenvalue weighted by atomic mass is 14.7. The molecule has 11 heavy (non-hydrogen) atoms. The maximum absolute atomic E-state index is 4.32. The molecule has 3 aliphatic rings. The van der Waals surface area contributed by atoms with E-state index in [-0.39, 0.29) is 0 Å². The predicted octanol–water partition coefficient (Wildman–Crippen LogP) is 1.05. The molecule has 3 rings (SSSR count). The van der Waals surface area contributed by atoms with Crippen LogP contribution in [0, 0.1) is 23.7 Å². The van der Waals surface area contributed by atoms with Crippen LogP contribution in [0.3, 0.4) is 0 Å². The summed E-state index contributed by atoms with van der Waals surface area (Å²) >= 11 is 0. The highest BCUT2D eigenvalue weighted by molar-refractivity contribution is 4.98. The standard InChI is InChI=1S/C10H17N/c11-10-5-7-1-6-2-8(3-7)9(10)4-6/h6-10H,1-5,11H2/p+1/t6-,7+,8-,9-,10+/m1/s1. The summed E-state index contributed by atoms with van der Waals surface area (Å²) in [5, 5.41) is 0. The average molecular weight is 152 g/mol. The Morgan fingerprint density at radius 1 is 0.818 bits per heavy atom. The normalized spacial score (nSPS) is 60.3. The van der Waals surface area contributed by atoms with Crippen LogP contribution in [0.15, 0.2) is 0 Å². The lowest BCUT2D eigenvalue weighted by Gasteiger charge is -2.35. The Hall–Kier alpha value is -0.0400. The topological polar surface area (TPSA) is 27.6 Å². The van der Waals surface area contributed by atoms with Gasteiger partial charge in [0.2, 0.25) is 0 Å². The first-order valence-corrected chi connectivity index (χ1v) is 5.16. The van der Waals surface area contributed by atoms with E-state index < -0.39 is 0 Å². The van der Waals surface area contributed by atoms with E-state index in [9.17, 15) is 0 Å². The van der Waals surface area contributed by atoms with Gasteiger partial charge in [0.15, 0.2) is 0 Å². The van der Waals surface area contributed by atoms with E-state index in [2.05, 4.69) is 5.73 Å². The molecule has 0 aromatic carbocycles. The molecule has 0 aromatic heterocycles. The maximum Gasteiger partial charge on any atom is 0.0877 e. The van der Waals surface area contributed by atoms with Crippen molar-refractivity contribution >= 4 is 0 Å². The average Bonchev–Trinajstić information content (AvgIpc) is 2.19. The largest absolute Gasteiger partial charge is 0.355 e. The summed E-state index contributed by atoms with van der Waals surface area (Å²) in [5.41, 5.74) is 4.32. The molecule has 3 aliphatic carbocycles. The van der Waals surface area contributed by atoms with Crippen LogP contribution < -0.4 is 5.73 Å². The highest BCUT2D eigenvalue weighted by Crippen LogP contribution is 2.54. The lowest BCUT2D eigenvalue weighted by atomic mass is 9.70. The minimum Gasteiger partial charge on any atom is -0.355 e. The van der Waals surface area contributed by atoms with Gasteiger partial charge in [0.1, 0.15) is 0 Å². The molecule has 3 fully saturated rings. The number of rotatable bonds is 0. The van der Waals surface area contributed by atoms with Crippen LogP contribution >= 0.6 is 0 Å². The van der Waals surface area contributed by atoms with Crippen LogP contribution in [0.2, 0.25) is 0 Å². The molecule has 1 heteroatoms. The number of hydrogen-bond acceptors (Lipinski definition) is 0. The van der Waals surface area contributed by atoms with Gasteiger partial charge in [-0.15, -0.1) is 0 Å². The highest BCUT2D eigenvalue weighted by Gasteiger charge is 2.49. The third kappa shape index (κ3) is 0.807. The van der Waals surface area contributed by atoms with Gasteiger partial charge in [0.25, 0.3) is 0 Å². The molecule has 62 valence electrons. The summed E-state index contributed by atoms with van der Waals surface area (Å²) in [5.74, 6) is 4.35. The fraction of sp³-hybridized carbons (Fsp3) is 1.00. The van der Waals surface area contributed by atoms with E-state index >= 15 is 0 Å². The third-order valence-corrected chi connectivity index (χ3v) is 4.39. The van der Waals surface area contributed by atoms with Gasteiger partial charge < -0.3 is 5.73 Å². The van der Waals surface area contributed by atoms with Crippen molar-refractivity contribution < 1.29 is 5.73 Å². The first kappa shape index (κ1) is 6.47. The van der Waals surface area contributed by atoms with Crippen molar-refractivity contribution in [1.29, 1.82) is 0 Å². The second kappa shape index (κ2) is 2.01. The summed E-state index contributed by atoms with van der Waals surface area (Å²) in [6.07, 6.45) is 7.67. The number of quaternary nitrogens is 1. The smallest absolute Gasteiger partial charge is 0.0877 e. The fourth-order valence-corrected chi connectivity index (χ4v) is 4.11. The maximum atomic E-state index is 4.32. The number of fused-ring (bicyclic) bond motifs is 2. The molecule has 0 unspecified atom stereocenters. The Labute approximate surface area is 68.3 Å². The quantitative estimate of drug-likeness (QED) is 0.537. The van der Waals surface area contributed by atoms with Gasteiger partial charge >= 0.3 is 0 Å². The van der Waals surface area contributed by atoms with E-state index in [1.54, 1.807) is 19.3 Å². The first-order chi connectivity index (χ1) is 5.33. The second-order valence-electron chi connectivity index (χ2n) is 5.09. The minimum atomic E-state index is 0.825. The molecule has 0 aliphatic heterocycles. The van der Waals surface area contributed by atoms with Gasteiger partial charge in [-0.25, -0.2) is 0 Å². The van der Waals surface area contributed by atoms with E-state index in [1.807, 2.05) is 0 Å². The van der Waals surface area contributed by atoms with Crippen molar-refractivity contribution in [3.63, 3.8) is 0 Å². The molecule has 0 spiro atoms. The SMILES string of the molecule is [NH3+][C@H]1C[C@H]2C[C@@H]3C[C@H](C2)[C@H]1C3. The van der Waals surface area contributed by atoms with Crippen LogP contribution in [-0.4, -0.2) is 6.04 Å². The van der Waals surface area contributed by atoms with Crippen molar-refractivity contribution in [3.8, 4) is 0 Å². The van der Waals surface area contributed by atoms with E-state index in [0.717, 1.165) is 29.7 Å². The summed E-state index contributed by atoms with van der Waals surface area (Å²) in [7, 11) is 0. The number of hydrogen-bond donors (Lipinski definition) is 1. The molecule has 3 N–H and O–H groups in total. The monoisotopic (exact) mass is 152 g/mol. The Morgan fingerprint density at radius 2 is 1.55 bits per heavy atom. The zero-order valence-corrected chi connectivity index (χ0v) is 7.13. The molecule has 0 radical (unpaired) electrons. The van der Waals surface area contributed by atoms with Crippen molar-refractivity contribution in [2.75, 3.05) is 0 Å². The molecule has 0 amide bonds. The minimum absolute atomic E-state index is 0.825. The fourth-order valence-electron chi connectivity index (χ4n) is 4.11. The van der Waals surface area contributed by atoms with E-state index in [4.69, 9.17) is 0 Å². The molecular weight excluding hydrogens is 134 g/mol. The Kier molecular flexibility index (Phi) is 1.18. The van der Waals surface area contributed by atoms with Crippen molar-refractivity contribution in [2.45, 2.75) is 38.1 Å². The Morgan fingerprint density at radius 3 is 2.36 bits per heavy atom. The summed E-state index contributed by atoms with van der Waals surface area (Å²) in [6.45, 7) is 0. The first-order valence-electron chi connectivity index (χ1n) is 5.16. The van der Waals surface area contributed by atoms with Gasteiger partial charge in [0, 0.05) is 12.3 Å². The molecule has 0 heterocycles. The van der Waals surface area contributed by atoms with Crippen molar-refractivity contribution in [2.24, 2.45) is 23.7 Å². The predicted molar refractivity (Wildman–Crippen MR) is 43.7 cm³/mol. The third-order valence-electron chi connectivity index (χ3n) is 4.39. The molecule has 3 saturated carbocycles. The summed E-state index contributed by atoms with van der Waals surface area (Å²) in [6, 6.07) is 0.825. The van der Waals surface area contributed by atoms with Gasteiger partial charge in [-0.2, -0.15) is 0 Å². The van der Waals surface area contributed by atoms with Crippen LogP contribution in [-0.2, 0) is 0 Å². The lowest BCUT2D eigenvalue weighted by molar-refractivity contribution is -0.442. The van der Waals surface area contributed by atoms with Crippen LogP contribution in [0.5, 0.6) is 0 Å². The van der Waals surface area contributed by atoms with Crippen molar-refractivity contribution in [1.82, 2.24) is 0 Å². The zero-order chi connectivity index (χ0) is 7.42. The molecule has 1 nitrogen and oxygen atoms in total. The summed E-state index contributed by atoms with van der Waals surface area (Å²) < 4.78 is 0. The zero-order valence-electron chi connectivity index (χ0n) is 7.13. The molecular formula is C10H18N+. The molecule has 3 bridgehead atoms. The van der Waals surface area contributed by atoms with Gasteiger partial charge in [-0.05, 0) is 43.4 Å². The van der Waals surface area contributed by atoms with Gasteiger partial charge in [0.05, 0.1) is 6.04 Å². The van der Waals surface area contributed by atoms with Crippen LogP contribution in [0.1, 0.15) is 32.1 Å². The van der Waals surface area contributed by atoms with E-state index in [0.29, 0.717) is 0 Å². The Bertz CT molecular complexity index is 173. The lowest BCUT2D eigenvalue weighted by Crippen LogP contribution is -2.66. The van der Waals surface area contributed by atoms with Gasteiger partial charge in [-0.3, -0.25) is 0 Å².